The molecular weight excluding hydrogens is 508 g/mol. The van der Waals surface area contributed by atoms with E-state index in [0.29, 0.717) is 18.4 Å². The first kappa shape index (κ1) is 26.3. The summed E-state index contributed by atoms with van der Waals surface area (Å²) in [6.07, 6.45) is 4.28. The van der Waals surface area contributed by atoms with Gasteiger partial charge in [-0.1, -0.05) is 26.8 Å². The topological polar surface area (TPSA) is 134 Å². The number of ether oxygens (including phenoxy) is 5. The molecule has 4 heterocycles. The largest absolute Gasteiger partial charge is 0.472 e. The van der Waals surface area contributed by atoms with Gasteiger partial charge in [-0.25, -0.2) is 9.59 Å². The number of esters is 3. The molecule has 2 spiro atoms. The van der Waals surface area contributed by atoms with Crippen LogP contribution >= 0.6 is 0 Å². The van der Waals surface area contributed by atoms with Gasteiger partial charge in [0.05, 0.1) is 19.6 Å². The van der Waals surface area contributed by atoms with E-state index in [1.807, 2.05) is 34.6 Å². The average Bonchev–Trinajstić information content (AvgIpc) is 3.68. The summed E-state index contributed by atoms with van der Waals surface area (Å²) < 4.78 is 34.7. The van der Waals surface area contributed by atoms with Gasteiger partial charge in [-0.15, -0.1) is 0 Å². The summed E-state index contributed by atoms with van der Waals surface area (Å²) >= 11 is 0. The first-order valence-electron chi connectivity index (χ1n) is 13.3. The number of methoxy groups -OCH3 is 1. The summed E-state index contributed by atoms with van der Waals surface area (Å²) in [6.45, 7) is 10.7. The van der Waals surface area contributed by atoms with Crippen molar-refractivity contribution in [3.05, 3.63) is 36.3 Å². The minimum atomic E-state index is -1.37. The molecule has 210 valence electrons. The molecule has 10 heteroatoms. The highest BCUT2D eigenvalue weighted by Gasteiger charge is 2.93. The molecule has 5 aliphatic rings. The average molecular weight is 543 g/mol. The van der Waals surface area contributed by atoms with Crippen molar-refractivity contribution in [1.82, 2.24) is 0 Å². The highest BCUT2D eigenvalue weighted by atomic mass is 16.7. The number of carbonyl (C=O) groups is 4. The fourth-order valence-corrected chi connectivity index (χ4v) is 9.12. The number of carbonyl (C=O) groups excluding carboxylic acids is 4. The first-order chi connectivity index (χ1) is 18.2. The van der Waals surface area contributed by atoms with E-state index in [1.165, 1.54) is 26.4 Å². The van der Waals surface area contributed by atoms with Crippen molar-refractivity contribution in [3.63, 3.8) is 0 Å². The van der Waals surface area contributed by atoms with Crippen molar-refractivity contribution >= 4 is 23.7 Å². The Morgan fingerprint density at radius 1 is 1.10 bits per heavy atom. The fraction of sp³-hybridized carbons (Fsp3) is 0.655. The molecule has 3 saturated heterocycles. The number of rotatable bonds is 4. The number of Topliss-reactive ketones (excluding diaryl/α,β-unsaturated/α-hetero) is 1. The lowest BCUT2D eigenvalue weighted by molar-refractivity contribution is -0.238. The van der Waals surface area contributed by atoms with E-state index >= 15 is 0 Å². The van der Waals surface area contributed by atoms with Crippen molar-refractivity contribution in [3.8, 4) is 0 Å². The van der Waals surface area contributed by atoms with Crippen LogP contribution < -0.4 is 0 Å². The number of ketones is 1. The first-order valence-corrected chi connectivity index (χ1v) is 13.3. The van der Waals surface area contributed by atoms with E-state index in [-0.39, 0.29) is 0 Å². The Hall–Kier alpha value is -2.98. The molecule has 9 atom stereocenters. The number of hydrogen-bond acceptors (Lipinski definition) is 10. The summed E-state index contributed by atoms with van der Waals surface area (Å²) in [5.41, 5.74) is -5.78. The van der Waals surface area contributed by atoms with Gasteiger partial charge in [0.15, 0.2) is 17.8 Å². The van der Waals surface area contributed by atoms with Crippen LogP contribution in [0.5, 0.6) is 0 Å². The smallest absolute Gasteiger partial charge is 0.339 e. The maximum atomic E-state index is 14.6. The zero-order valence-electron chi connectivity index (χ0n) is 23.2. The second kappa shape index (κ2) is 7.60. The Bertz CT molecular complexity index is 1310. The third-order valence-electron chi connectivity index (χ3n) is 10.7. The van der Waals surface area contributed by atoms with Crippen molar-refractivity contribution in [2.75, 3.05) is 7.11 Å². The van der Waals surface area contributed by atoms with Crippen LogP contribution in [0.15, 0.2) is 35.2 Å². The second-order valence-corrected chi connectivity index (χ2v) is 12.7. The molecule has 3 aliphatic heterocycles. The molecule has 0 unspecified atom stereocenters. The van der Waals surface area contributed by atoms with Crippen LogP contribution in [0.25, 0.3) is 0 Å². The van der Waals surface area contributed by atoms with Gasteiger partial charge >= 0.3 is 17.9 Å². The lowest BCUT2D eigenvalue weighted by Crippen LogP contribution is -2.76. The monoisotopic (exact) mass is 542 g/mol. The Morgan fingerprint density at radius 3 is 2.36 bits per heavy atom. The van der Waals surface area contributed by atoms with Crippen LogP contribution in [0.3, 0.4) is 0 Å². The molecular formula is C29H34O10. The summed E-state index contributed by atoms with van der Waals surface area (Å²) in [7, 11) is 1.28. The van der Waals surface area contributed by atoms with Crippen molar-refractivity contribution in [2.24, 2.45) is 22.2 Å². The molecule has 0 radical (unpaired) electrons. The van der Waals surface area contributed by atoms with Gasteiger partial charge < -0.3 is 28.1 Å². The highest BCUT2D eigenvalue weighted by molar-refractivity contribution is 6.00. The molecule has 39 heavy (non-hydrogen) atoms. The van der Waals surface area contributed by atoms with Crippen molar-refractivity contribution in [2.45, 2.75) is 89.5 Å². The van der Waals surface area contributed by atoms with Crippen LogP contribution in [0.2, 0.25) is 0 Å². The second-order valence-electron chi connectivity index (χ2n) is 12.7. The maximum Gasteiger partial charge on any atom is 0.339 e. The van der Waals surface area contributed by atoms with Crippen LogP contribution in [0.4, 0.5) is 0 Å². The van der Waals surface area contributed by atoms with Gasteiger partial charge in [0.2, 0.25) is 5.78 Å². The number of furan rings is 1. The Morgan fingerprint density at radius 2 is 1.79 bits per heavy atom. The number of cyclic esters (lactones) is 1. The van der Waals surface area contributed by atoms with Crippen molar-refractivity contribution < 1.29 is 47.3 Å². The normalized spacial score (nSPS) is 47.1. The third kappa shape index (κ3) is 2.79. The quantitative estimate of drug-likeness (QED) is 0.242. The van der Waals surface area contributed by atoms with E-state index in [9.17, 15) is 19.2 Å². The summed E-state index contributed by atoms with van der Waals surface area (Å²) in [6, 6.07) is 1.75. The molecule has 1 aromatic heterocycles. The predicted molar refractivity (Wildman–Crippen MR) is 132 cm³/mol. The van der Waals surface area contributed by atoms with Gasteiger partial charge in [0, 0.05) is 34.8 Å². The maximum absolute atomic E-state index is 14.6. The van der Waals surface area contributed by atoms with Gasteiger partial charge in [0.25, 0.3) is 0 Å². The van der Waals surface area contributed by atoms with Crippen LogP contribution in [-0.4, -0.2) is 59.8 Å². The summed E-state index contributed by atoms with van der Waals surface area (Å²) in [5, 5.41) is 0. The lowest BCUT2D eigenvalue weighted by Gasteiger charge is -2.65. The van der Waals surface area contributed by atoms with E-state index < -0.39 is 81.0 Å². The molecule has 0 aromatic carbocycles. The highest BCUT2D eigenvalue weighted by Crippen LogP contribution is 2.81. The molecule has 6 rings (SSSR count). The Kier molecular flexibility index (Phi) is 5.12. The molecule has 0 amide bonds. The van der Waals surface area contributed by atoms with E-state index in [1.54, 1.807) is 18.4 Å². The van der Waals surface area contributed by atoms with Crippen LogP contribution in [0.1, 0.15) is 66.1 Å². The van der Waals surface area contributed by atoms with Gasteiger partial charge in [-0.2, -0.15) is 0 Å². The predicted octanol–water partition coefficient (Wildman–Crippen LogP) is 3.24. The van der Waals surface area contributed by atoms with E-state index in [2.05, 4.69) is 0 Å². The van der Waals surface area contributed by atoms with Crippen LogP contribution in [0, 0.1) is 22.2 Å². The van der Waals surface area contributed by atoms with E-state index in [4.69, 9.17) is 28.1 Å². The summed E-state index contributed by atoms with van der Waals surface area (Å²) in [4.78, 5) is 52.8. The molecule has 2 aliphatic carbocycles. The SMILES string of the molecule is COC(=O)/C=C/[C@]1(C)[C@H]2CC[C@@]3(C)[C@H](c4ccoc4)OC(=O)[C@@H]4O[C@@]43[C@]2(C)[C@H](OC(C)=O)C(=O)[C@@]12OC2(C)C. The minimum Gasteiger partial charge on any atom is -0.472 e. The minimum absolute atomic E-state index is 0.399. The number of hydrogen-bond donors (Lipinski definition) is 0. The summed E-state index contributed by atoms with van der Waals surface area (Å²) in [5.74, 6) is -2.54. The zero-order valence-corrected chi connectivity index (χ0v) is 23.2. The zero-order chi connectivity index (χ0) is 28.4. The third-order valence-corrected chi connectivity index (χ3v) is 10.7. The fourth-order valence-electron chi connectivity index (χ4n) is 9.12. The van der Waals surface area contributed by atoms with Crippen molar-refractivity contribution in [1.29, 1.82) is 0 Å². The van der Waals surface area contributed by atoms with E-state index in [0.717, 1.165) is 0 Å². The van der Waals surface area contributed by atoms with Gasteiger partial charge in [0.1, 0.15) is 17.3 Å². The molecule has 5 fully saturated rings. The van der Waals surface area contributed by atoms with Crippen LogP contribution in [-0.2, 0) is 42.9 Å². The molecule has 0 N–H and O–H groups in total. The van der Waals surface area contributed by atoms with Gasteiger partial charge in [-0.05, 0) is 38.7 Å². The molecule has 2 saturated carbocycles. The lowest BCUT2D eigenvalue weighted by atomic mass is 9.37. The number of fused-ring (bicyclic) bond motifs is 1. The molecule has 0 bridgehead atoms. The standard InChI is InChI=1S/C29H34O10/c1-15(30)36-21-19(32)28(24(2,3)39-28)25(4,12-9-18(31)34-7)17-8-11-26(5)20(16-10-13-35-14-16)37-23(33)22-29(26,38-22)27(17,21)6/h9-10,12-14,17,20-22H,8,11H2,1-7H3/b12-9+/t17-,20+,21-,22+,25-,26+,27+,28+,29+/m1/s1. The molecule has 10 nitrogen and oxygen atoms in total. The Labute approximate surface area is 226 Å². The molecule has 1 aromatic rings. The Balaban J connectivity index is 1.59. The van der Waals surface area contributed by atoms with Gasteiger partial charge in [-0.3, -0.25) is 9.59 Å². The number of epoxide rings is 2.